The lowest BCUT2D eigenvalue weighted by Gasteiger charge is -2.06. The first-order valence-corrected chi connectivity index (χ1v) is 9.38. The molecule has 154 valence electrons. The Morgan fingerprint density at radius 3 is 2.57 bits per heavy atom. The summed E-state index contributed by atoms with van der Waals surface area (Å²) in [5.41, 5.74) is 2.30. The molecule has 0 atom stereocenters. The van der Waals surface area contributed by atoms with E-state index in [0.717, 1.165) is 11.3 Å². The third-order valence-corrected chi connectivity index (χ3v) is 4.36. The molecular formula is C21H19ClN4O4. The Hall–Kier alpha value is -3.65. The number of nitrogens with zero attached hydrogens (tertiary/aromatic N) is 2. The van der Waals surface area contributed by atoms with Crippen molar-refractivity contribution in [3.63, 3.8) is 0 Å². The predicted octanol–water partition coefficient (Wildman–Crippen LogP) is 2.61. The topological polar surface area (TPSA) is 102 Å². The van der Waals surface area contributed by atoms with Gasteiger partial charge in [0, 0.05) is 16.9 Å². The monoisotopic (exact) mass is 426 g/mol. The number of carbonyl (C=O) groups is 3. The van der Waals surface area contributed by atoms with Crippen LogP contribution in [-0.4, -0.2) is 41.2 Å². The maximum Gasteiger partial charge on any atom is 0.325 e. The Bertz CT molecular complexity index is 1060. The average molecular weight is 427 g/mol. The van der Waals surface area contributed by atoms with Gasteiger partial charge >= 0.3 is 5.97 Å². The Labute approximate surface area is 177 Å². The van der Waals surface area contributed by atoms with E-state index in [4.69, 9.17) is 11.6 Å². The largest absolute Gasteiger partial charge is 0.468 e. The number of aromatic nitrogens is 2. The normalized spacial score (nSPS) is 10.3. The van der Waals surface area contributed by atoms with Crippen molar-refractivity contribution in [2.24, 2.45) is 0 Å². The van der Waals surface area contributed by atoms with Crippen LogP contribution in [-0.2, 0) is 20.7 Å². The number of rotatable bonds is 7. The smallest absolute Gasteiger partial charge is 0.325 e. The van der Waals surface area contributed by atoms with Crippen LogP contribution >= 0.6 is 11.6 Å². The van der Waals surface area contributed by atoms with Crippen LogP contribution < -0.4 is 10.6 Å². The van der Waals surface area contributed by atoms with Crippen LogP contribution in [0.2, 0.25) is 5.02 Å². The lowest BCUT2D eigenvalue weighted by Crippen LogP contribution is -2.31. The molecule has 0 fully saturated rings. The van der Waals surface area contributed by atoms with Crippen LogP contribution in [0, 0.1) is 0 Å². The molecule has 0 unspecified atom stereocenters. The van der Waals surface area contributed by atoms with Gasteiger partial charge in [0.15, 0.2) is 5.69 Å². The maximum absolute atomic E-state index is 12.4. The third kappa shape index (κ3) is 5.68. The van der Waals surface area contributed by atoms with Crippen LogP contribution in [0.1, 0.15) is 16.1 Å². The number of esters is 1. The van der Waals surface area contributed by atoms with Crippen LogP contribution in [0.5, 0.6) is 0 Å². The van der Waals surface area contributed by atoms with Gasteiger partial charge in [-0.15, -0.1) is 0 Å². The maximum atomic E-state index is 12.4. The number of benzene rings is 2. The minimum atomic E-state index is -0.515. The molecule has 0 aliphatic rings. The molecule has 0 aliphatic heterocycles. The van der Waals surface area contributed by atoms with Gasteiger partial charge in [0.1, 0.15) is 6.54 Å². The first kappa shape index (κ1) is 21.1. The summed E-state index contributed by atoms with van der Waals surface area (Å²) in [6.45, 7) is -0.175. The molecule has 0 radical (unpaired) electrons. The molecule has 0 aliphatic carbocycles. The number of nitrogens with one attached hydrogen (secondary N) is 2. The summed E-state index contributed by atoms with van der Waals surface area (Å²) in [6.07, 6.45) is 1.78. The molecule has 1 aromatic heterocycles. The zero-order chi connectivity index (χ0) is 21.5. The average Bonchev–Trinajstić information content (AvgIpc) is 3.24. The molecule has 1 heterocycles. The van der Waals surface area contributed by atoms with Gasteiger partial charge < -0.3 is 15.4 Å². The molecule has 30 heavy (non-hydrogen) atoms. The third-order valence-electron chi connectivity index (χ3n) is 4.13. The number of anilines is 1. The molecule has 2 amide bonds. The second-order valence-corrected chi connectivity index (χ2v) is 6.74. The fourth-order valence-corrected chi connectivity index (χ4v) is 2.78. The number of carbonyl (C=O) groups excluding carboxylic acids is 3. The van der Waals surface area contributed by atoms with E-state index in [1.807, 2.05) is 6.07 Å². The van der Waals surface area contributed by atoms with E-state index in [0.29, 0.717) is 10.7 Å². The highest BCUT2D eigenvalue weighted by molar-refractivity contribution is 6.30. The van der Waals surface area contributed by atoms with Crippen LogP contribution in [0.3, 0.4) is 0 Å². The van der Waals surface area contributed by atoms with E-state index in [2.05, 4.69) is 20.5 Å². The first-order valence-electron chi connectivity index (χ1n) is 9.00. The van der Waals surface area contributed by atoms with Crippen molar-refractivity contribution in [1.82, 2.24) is 15.1 Å². The minimum absolute atomic E-state index is 0.106. The van der Waals surface area contributed by atoms with Crippen LogP contribution in [0.25, 0.3) is 5.69 Å². The molecular weight excluding hydrogens is 408 g/mol. The number of hydrogen-bond donors (Lipinski definition) is 2. The molecule has 2 N–H and O–H groups in total. The zero-order valence-corrected chi connectivity index (χ0v) is 16.8. The second kappa shape index (κ2) is 9.71. The van der Waals surface area contributed by atoms with Gasteiger partial charge in [-0.25, -0.2) is 4.68 Å². The van der Waals surface area contributed by atoms with Gasteiger partial charge in [0.2, 0.25) is 5.91 Å². The first-order chi connectivity index (χ1) is 14.4. The highest BCUT2D eigenvalue weighted by atomic mass is 35.5. The van der Waals surface area contributed by atoms with E-state index in [9.17, 15) is 14.4 Å². The van der Waals surface area contributed by atoms with Gasteiger partial charge in [-0.1, -0.05) is 29.8 Å². The Morgan fingerprint density at radius 2 is 1.87 bits per heavy atom. The summed E-state index contributed by atoms with van der Waals surface area (Å²) >= 11 is 5.99. The Kier molecular flexibility index (Phi) is 6.82. The highest BCUT2D eigenvalue weighted by Gasteiger charge is 2.11. The zero-order valence-electron chi connectivity index (χ0n) is 16.1. The predicted molar refractivity (Wildman–Crippen MR) is 112 cm³/mol. The Balaban J connectivity index is 1.57. The second-order valence-electron chi connectivity index (χ2n) is 6.31. The van der Waals surface area contributed by atoms with Crippen molar-refractivity contribution in [2.45, 2.75) is 6.42 Å². The van der Waals surface area contributed by atoms with E-state index < -0.39 is 5.97 Å². The van der Waals surface area contributed by atoms with Crippen molar-refractivity contribution >= 4 is 35.1 Å². The number of ether oxygens (including phenoxy) is 1. The minimum Gasteiger partial charge on any atom is -0.468 e. The van der Waals surface area contributed by atoms with Crippen molar-refractivity contribution in [1.29, 1.82) is 0 Å². The summed E-state index contributed by atoms with van der Waals surface area (Å²) in [5, 5.41) is 10.1. The summed E-state index contributed by atoms with van der Waals surface area (Å²) in [7, 11) is 1.25. The summed E-state index contributed by atoms with van der Waals surface area (Å²) in [5.74, 6) is -1.18. The quantitative estimate of drug-likeness (QED) is 0.565. The molecule has 9 heteroatoms. The summed E-state index contributed by atoms with van der Waals surface area (Å²) < 4.78 is 6.03. The van der Waals surface area contributed by atoms with Crippen LogP contribution in [0.15, 0.2) is 60.8 Å². The van der Waals surface area contributed by atoms with Gasteiger partial charge in [-0.2, -0.15) is 5.10 Å². The van der Waals surface area contributed by atoms with Crippen LogP contribution in [0.4, 0.5) is 5.69 Å². The van der Waals surface area contributed by atoms with E-state index in [1.54, 1.807) is 59.4 Å². The molecule has 3 aromatic rings. The van der Waals surface area contributed by atoms with Crippen molar-refractivity contribution < 1.29 is 19.1 Å². The number of amides is 2. The molecule has 8 nitrogen and oxygen atoms in total. The highest BCUT2D eigenvalue weighted by Crippen LogP contribution is 2.15. The fraction of sp³-hybridized carbons (Fsp3) is 0.143. The summed E-state index contributed by atoms with van der Waals surface area (Å²) in [6, 6.07) is 15.6. The van der Waals surface area contributed by atoms with Gasteiger partial charge in [0.05, 0.1) is 19.2 Å². The van der Waals surface area contributed by atoms with E-state index in [-0.39, 0.29) is 30.5 Å². The summed E-state index contributed by atoms with van der Waals surface area (Å²) in [4.78, 5) is 35.3. The van der Waals surface area contributed by atoms with Gasteiger partial charge in [-0.3, -0.25) is 14.4 Å². The Morgan fingerprint density at radius 1 is 1.10 bits per heavy atom. The van der Waals surface area contributed by atoms with Crippen molar-refractivity contribution in [2.75, 3.05) is 19.0 Å². The van der Waals surface area contributed by atoms with Gasteiger partial charge in [0.25, 0.3) is 5.91 Å². The number of methoxy groups -OCH3 is 1. The standard InChI is InChI=1S/C21H19ClN4O4/c1-30-20(28)13-23-19(27)11-14-5-7-16(8-6-14)24-21(29)18-9-10-26(25-18)17-4-2-3-15(22)12-17/h2-10,12H,11,13H2,1H3,(H,23,27)(H,24,29). The van der Waals surface area contributed by atoms with E-state index >= 15 is 0 Å². The molecule has 0 spiro atoms. The molecule has 2 aromatic carbocycles. The molecule has 3 rings (SSSR count). The number of halogens is 1. The molecule has 0 bridgehead atoms. The number of hydrogen-bond acceptors (Lipinski definition) is 5. The molecule has 0 saturated heterocycles. The molecule has 0 saturated carbocycles. The van der Waals surface area contributed by atoms with E-state index in [1.165, 1.54) is 7.11 Å². The fourth-order valence-electron chi connectivity index (χ4n) is 2.60. The lowest BCUT2D eigenvalue weighted by atomic mass is 10.1. The van der Waals surface area contributed by atoms with Crippen molar-refractivity contribution in [3.05, 3.63) is 77.1 Å². The SMILES string of the molecule is COC(=O)CNC(=O)Cc1ccc(NC(=O)c2ccn(-c3cccc(Cl)c3)n2)cc1. The van der Waals surface area contributed by atoms with Crippen molar-refractivity contribution in [3.8, 4) is 5.69 Å². The lowest BCUT2D eigenvalue weighted by molar-refractivity contribution is -0.141. The van der Waals surface area contributed by atoms with Gasteiger partial charge in [-0.05, 0) is 42.0 Å².